The van der Waals surface area contributed by atoms with E-state index in [1.165, 1.54) is 204 Å². The number of ether oxygens (including phenoxy) is 3. The van der Waals surface area contributed by atoms with E-state index in [9.17, 15) is 19.2 Å². The van der Waals surface area contributed by atoms with Crippen LogP contribution in [0.3, 0.4) is 0 Å². The van der Waals surface area contributed by atoms with Crippen LogP contribution in [-0.2, 0) is 33.4 Å². The van der Waals surface area contributed by atoms with E-state index in [2.05, 4.69) is 26.1 Å². The van der Waals surface area contributed by atoms with Gasteiger partial charge in [-0.3, -0.25) is 14.4 Å². The number of unbranched alkanes of at least 4 members (excludes halogenated alkanes) is 36. The Kier molecular flexibility index (Phi) is 47.9. The fourth-order valence-corrected chi connectivity index (χ4v) is 9.64. The first-order valence-electron chi connectivity index (χ1n) is 29.0. The maximum Gasteiger partial charge on any atom is 0.330 e. The molecule has 0 aromatic heterocycles. The number of hydrogen-bond donors (Lipinski definition) is 1. The van der Waals surface area contributed by atoms with Crippen molar-refractivity contribution in [2.45, 2.75) is 329 Å². The standard InChI is InChI=1S/C58H111NO7S/c1-7-10-13-16-19-22-25-28-31-34-37-40-43-46-54(60)59-53(57(63)66-58(4,5)6)51-67-50-52(65-56(62)48-45-42-39-36-33-30-27-24-21-18-15-12-9-3)49-64-55(61)47-44-41-38-35-32-29-26-23-20-17-14-11-8-2/h52-53H,7-51H2,1-6H3,(H,59,60)/t52-,53-/m1/s1. The van der Waals surface area contributed by atoms with Crippen molar-refractivity contribution < 1.29 is 33.4 Å². The summed E-state index contributed by atoms with van der Waals surface area (Å²) >= 11 is 1.41. The molecule has 0 rings (SSSR count). The van der Waals surface area contributed by atoms with E-state index in [0.717, 1.165) is 57.8 Å². The lowest BCUT2D eigenvalue weighted by molar-refractivity contribution is -0.158. The highest BCUT2D eigenvalue weighted by atomic mass is 32.2. The molecule has 0 bridgehead atoms. The van der Waals surface area contributed by atoms with Crippen molar-refractivity contribution in [3.05, 3.63) is 0 Å². The van der Waals surface area contributed by atoms with Gasteiger partial charge in [-0.1, -0.05) is 252 Å². The molecule has 0 aromatic carbocycles. The minimum atomic E-state index is -0.834. The lowest BCUT2D eigenvalue weighted by atomic mass is 10.0. The molecule has 0 spiro atoms. The van der Waals surface area contributed by atoms with Crippen molar-refractivity contribution in [1.82, 2.24) is 5.32 Å². The van der Waals surface area contributed by atoms with Gasteiger partial charge in [0.25, 0.3) is 0 Å². The van der Waals surface area contributed by atoms with E-state index in [4.69, 9.17) is 14.2 Å². The van der Waals surface area contributed by atoms with Crippen LogP contribution >= 0.6 is 11.8 Å². The van der Waals surface area contributed by atoms with Crippen LogP contribution in [0.5, 0.6) is 0 Å². The molecule has 0 aromatic rings. The van der Waals surface area contributed by atoms with Gasteiger partial charge in [0.1, 0.15) is 24.4 Å². The van der Waals surface area contributed by atoms with Crippen LogP contribution in [0.1, 0.15) is 311 Å². The topological polar surface area (TPSA) is 108 Å². The van der Waals surface area contributed by atoms with Gasteiger partial charge in [-0.05, 0) is 40.0 Å². The van der Waals surface area contributed by atoms with E-state index in [1.54, 1.807) is 0 Å². The van der Waals surface area contributed by atoms with E-state index in [1.807, 2.05) is 20.8 Å². The summed E-state index contributed by atoms with van der Waals surface area (Å²) in [6.07, 6.45) is 48.8. The zero-order valence-electron chi connectivity index (χ0n) is 45.2. The normalized spacial score (nSPS) is 12.5. The number of nitrogens with one attached hydrogen (secondary N) is 1. The molecule has 8 nitrogen and oxygen atoms in total. The number of hydrogen-bond acceptors (Lipinski definition) is 8. The average molecular weight is 967 g/mol. The molecule has 1 amide bonds. The van der Waals surface area contributed by atoms with Gasteiger partial charge >= 0.3 is 17.9 Å². The SMILES string of the molecule is CCCCCCCCCCCCCCCC(=O)N[C@H](CSC[C@@H](COC(=O)CCCCCCCCCCCCCCC)OC(=O)CCCCCCCCCCCCCCC)C(=O)OC(C)(C)C. The van der Waals surface area contributed by atoms with E-state index in [-0.39, 0.29) is 30.2 Å². The summed E-state index contributed by atoms with van der Waals surface area (Å²) in [7, 11) is 0. The Hall–Kier alpha value is -1.77. The highest BCUT2D eigenvalue weighted by Gasteiger charge is 2.28. The summed E-state index contributed by atoms with van der Waals surface area (Å²) in [5.41, 5.74) is -0.702. The third-order valence-electron chi connectivity index (χ3n) is 12.8. The van der Waals surface area contributed by atoms with Crippen LogP contribution < -0.4 is 5.32 Å². The summed E-state index contributed by atoms with van der Waals surface area (Å²) < 4.78 is 17.3. The van der Waals surface area contributed by atoms with Crippen molar-refractivity contribution in [3.63, 3.8) is 0 Å². The van der Waals surface area contributed by atoms with Gasteiger partial charge in [0.15, 0.2) is 0 Å². The van der Waals surface area contributed by atoms with Crippen LogP contribution in [0.15, 0.2) is 0 Å². The molecule has 0 saturated heterocycles. The van der Waals surface area contributed by atoms with Crippen molar-refractivity contribution in [1.29, 1.82) is 0 Å². The smallest absolute Gasteiger partial charge is 0.330 e. The van der Waals surface area contributed by atoms with E-state index >= 15 is 0 Å². The number of carbonyl (C=O) groups excluding carboxylic acids is 4. The van der Waals surface area contributed by atoms with Crippen molar-refractivity contribution in [3.8, 4) is 0 Å². The summed E-state index contributed by atoms with van der Waals surface area (Å²) in [5.74, 6) is -0.571. The molecule has 0 aliphatic rings. The van der Waals surface area contributed by atoms with Gasteiger partial charge in [-0.2, -0.15) is 11.8 Å². The first-order valence-corrected chi connectivity index (χ1v) is 30.1. The molecule has 396 valence electrons. The van der Waals surface area contributed by atoms with Gasteiger partial charge in [0, 0.05) is 30.8 Å². The van der Waals surface area contributed by atoms with Crippen molar-refractivity contribution in [2.24, 2.45) is 0 Å². The third kappa shape index (κ3) is 49.0. The quantitative estimate of drug-likeness (QED) is 0.0365. The van der Waals surface area contributed by atoms with E-state index < -0.39 is 23.7 Å². The number of carbonyl (C=O) groups is 4. The molecular weight excluding hydrogens is 855 g/mol. The van der Waals surface area contributed by atoms with Crippen molar-refractivity contribution in [2.75, 3.05) is 18.1 Å². The molecule has 0 unspecified atom stereocenters. The van der Waals surface area contributed by atoms with Crippen molar-refractivity contribution >= 4 is 35.6 Å². The molecule has 0 fully saturated rings. The Balaban J connectivity index is 4.93. The Morgan fingerprint density at radius 2 is 0.731 bits per heavy atom. The Morgan fingerprint density at radius 1 is 0.418 bits per heavy atom. The molecule has 0 heterocycles. The van der Waals surface area contributed by atoms with Gasteiger partial charge in [-0.15, -0.1) is 0 Å². The molecule has 9 heteroatoms. The number of rotatable bonds is 51. The first-order chi connectivity index (χ1) is 32.5. The predicted molar refractivity (Wildman–Crippen MR) is 287 cm³/mol. The van der Waals surface area contributed by atoms with Crippen LogP contribution in [0, 0.1) is 0 Å². The average Bonchev–Trinajstić information content (AvgIpc) is 3.29. The highest BCUT2D eigenvalue weighted by molar-refractivity contribution is 7.99. The monoisotopic (exact) mass is 966 g/mol. The minimum Gasteiger partial charge on any atom is -0.462 e. The van der Waals surface area contributed by atoms with Crippen LogP contribution in [0.2, 0.25) is 0 Å². The van der Waals surface area contributed by atoms with Gasteiger partial charge in [0.2, 0.25) is 5.91 Å². The summed E-state index contributed by atoms with van der Waals surface area (Å²) in [6.45, 7) is 12.2. The second-order valence-corrected chi connectivity index (χ2v) is 22.0. The molecule has 1 N–H and O–H groups in total. The maximum absolute atomic E-state index is 13.3. The molecule has 0 aliphatic heterocycles. The number of esters is 3. The van der Waals surface area contributed by atoms with Crippen LogP contribution in [-0.4, -0.2) is 59.7 Å². The molecule has 2 atom stereocenters. The Morgan fingerprint density at radius 3 is 1.07 bits per heavy atom. The predicted octanol–water partition coefficient (Wildman–Crippen LogP) is 17.4. The zero-order valence-corrected chi connectivity index (χ0v) is 46.1. The summed E-state index contributed by atoms with van der Waals surface area (Å²) in [6, 6.07) is -0.834. The van der Waals surface area contributed by atoms with Gasteiger partial charge < -0.3 is 19.5 Å². The second-order valence-electron chi connectivity index (χ2n) is 21.0. The Bertz CT molecular complexity index is 1130. The number of amides is 1. The highest BCUT2D eigenvalue weighted by Crippen LogP contribution is 2.19. The molecule has 67 heavy (non-hydrogen) atoms. The van der Waals surface area contributed by atoms with Crippen LogP contribution in [0.25, 0.3) is 0 Å². The summed E-state index contributed by atoms with van der Waals surface area (Å²) in [4.78, 5) is 52.3. The molecule has 0 saturated carbocycles. The molecule has 0 radical (unpaired) electrons. The van der Waals surface area contributed by atoms with Gasteiger partial charge in [-0.25, -0.2) is 4.79 Å². The minimum absolute atomic E-state index is 0.0167. The first kappa shape index (κ1) is 65.2. The second kappa shape index (κ2) is 49.2. The molecule has 0 aliphatic carbocycles. The van der Waals surface area contributed by atoms with Gasteiger partial charge in [0.05, 0.1) is 0 Å². The fraction of sp³-hybridized carbons (Fsp3) is 0.931. The zero-order chi connectivity index (χ0) is 49.3. The lowest BCUT2D eigenvalue weighted by Gasteiger charge is -2.25. The van der Waals surface area contributed by atoms with Crippen LogP contribution in [0.4, 0.5) is 0 Å². The fourth-order valence-electron chi connectivity index (χ4n) is 8.62. The molecular formula is C58H111NO7S. The largest absolute Gasteiger partial charge is 0.462 e. The number of thioether (sulfide) groups is 1. The van der Waals surface area contributed by atoms with E-state index in [0.29, 0.717) is 25.0 Å². The maximum atomic E-state index is 13.3. The summed E-state index contributed by atoms with van der Waals surface area (Å²) in [5, 5.41) is 2.95. The third-order valence-corrected chi connectivity index (χ3v) is 14.0. The lowest BCUT2D eigenvalue weighted by Crippen LogP contribution is -2.46. The Labute approximate surface area is 419 Å².